The van der Waals surface area contributed by atoms with Crippen molar-refractivity contribution in [3.63, 3.8) is 0 Å². The van der Waals surface area contributed by atoms with Crippen LogP contribution in [0.15, 0.2) is 36.4 Å². The number of Topliss-reactive ketones (excluding diaryl/α,β-unsaturated/α-hetero) is 1. The molecule has 1 unspecified atom stereocenters. The molecule has 0 bridgehead atoms. The number of hydrogen-bond acceptors (Lipinski definition) is 5. The van der Waals surface area contributed by atoms with Crippen molar-refractivity contribution in [1.82, 2.24) is 0 Å². The van der Waals surface area contributed by atoms with E-state index in [-0.39, 0.29) is 17.0 Å². The normalized spacial score (nSPS) is 12.6. The highest BCUT2D eigenvalue weighted by Gasteiger charge is 2.28. The smallest absolute Gasteiger partial charge is 0.427 e. The summed E-state index contributed by atoms with van der Waals surface area (Å²) >= 11 is 0. The van der Waals surface area contributed by atoms with E-state index in [1.807, 2.05) is 5.09 Å². The van der Waals surface area contributed by atoms with Crippen LogP contribution >= 0.6 is 7.75 Å². The largest absolute Gasteiger partial charge is 0.508 e. The Bertz CT molecular complexity index is 846. The van der Waals surface area contributed by atoms with E-state index in [9.17, 15) is 24.7 Å². The van der Waals surface area contributed by atoms with Gasteiger partial charge in [0.05, 0.1) is 11.3 Å². The van der Waals surface area contributed by atoms with Gasteiger partial charge in [-0.2, -0.15) is 0 Å². The summed E-state index contributed by atoms with van der Waals surface area (Å²) in [5, 5.41) is 31.0. The summed E-state index contributed by atoms with van der Waals surface area (Å²) in [6, 6.07) is 7.89. The van der Waals surface area contributed by atoms with Crippen LogP contribution < -0.4 is 5.09 Å². The number of nitrogens with one attached hydrogen (secondary N) is 1. The average Bonchev–Trinajstić information content (AvgIpc) is 2.45. The highest BCUT2D eigenvalue weighted by atomic mass is 31.2. The molecule has 6 N–H and O–H groups in total. The lowest BCUT2D eigenvalue weighted by Crippen LogP contribution is -2.14. The lowest BCUT2D eigenvalue weighted by molar-refractivity contribution is 0.0955. The first-order valence-corrected chi connectivity index (χ1v) is 8.96. The highest BCUT2D eigenvalue weighted by Crippen LogP contribution is 2.42. The summed E-state index contributed by atoms with van der Waals surface area (Å²) in [4.78, 5) is 31.1. The predicted molar refractivity (Wildman–Crippen MR) is 90.9 cm³/mol. The van der Waals surface area contributed by atoms with E-state index >= 15 is 0 Å². The zero-order valence-electron chi connectivity index (χ0n) is 13.2. The van der Waals surface area contributed by atoms with Crippen LogP contribution in [-0.2, 0) is 4.57 Å². The first-order valence-electron chi connectivity index (χ1n) is 7.35. The fraction of sp³-hybridized carbons (Fsp3) is 0.188. The second-order valence-corrected chi connectivity index (χ2v) is 6.78. The lowest BCUT2D eigenvalue weighted by Gasteiger charge is -2.19. The molecule has 2 aromatic carbocycles. The Morgan fingerprint density at radius 1 is 1.12 bits per heavy atom. The van der Waals surface area contributed by atoms with Crippen LogP contribution in [-0.4, -0.2) is 30.9 Å². The van der Waals surface area contributed by atoms with E-state index in [0.29, 0.717) is 12.0 Å². The van der Waals surface area contributed by atoms with Crippen molar-refractivity contribution in [3.8, 4) is 17.2 Å². The Balaban J connectivity index is 2.55. The molecule has 8 nitrogen and oxygen atoms in total. The molecule has 0 aromatic heterocycles. The molecule has 2 rings (SSSR count). The van der Waals surface area contributed by atoms with Gasteiger partial charge < -0.3 is 25.1 Å². The van der Waals surface area contributed by atoms with Crippen molar-refractivity contribution >= 4 is 19.2 Å². The molecule has 0 heterocycles. The van der Waals surface area contributed by atoms with E-state index in [1.54, 1.807) is 19.1 Å². The Morgan fingerprint density at radius 2 is 1.80 bits per heavy atom. The Morgan fingerprint density at radius 3 is 2.36 bits per heavy atom. The number of benzene rings is 2. The van der Waals surface area contributed by atoms with Crippen LogP contribution in [0.4, 0.5) is 5.69 Å². The summed E-state index contributed by atoms with van der Waals surface area (Å²) in [6.07, 6.45) is 0.317. The SMILES string of the molecule is CCC(C(=O)c1c(O)cc(O)cc1NP(=O)(O)O)c1cccc(O)c1. The molecule has 9 heteroatoms. The fourth-order valence-electron chi connectivity index (χ4n) is 2.60. The number of carbonyl (C=O) groups is 1. The summed E-state index contributed by atoms with van der Waals surface area (Å²) < 4.78 is 11.2. The minimum Gasteiger partial charge on any atom is -0.508 e. The molecule has 1 atom stereocenters. The predicted octanol–water partition coefficient (Wildman–Crippen LogP) is 2.68. The minimum atomic E-state index is -4.78. The molecular weight excluding hydrogens is 349 g/mol. The molecule has 134 valence electrons. The fourth-order valence-corrected chi connectivity index (χ4v) is 3.09. The van der Waals surface area contributed by atoms with Gasteiger partial charge in [-0.25, -0.2) is 4.57 Å². The van der Waals surface area contributed by atoms with Gasteiger partial charge in [-0.05, 0) is 24.1 Å². The van der Waals surface area contributed by atoms with E-state index in [1.165, 1.54) is 12.1 Å². The molecule has 0 aliphatic rings. The Labute approximate surface area is 143 Å². The number of ketones is 1. The molecule has 0 aliphatic heterocycles. The highest BCUT2D eigenvalue weighted by molar-refractivity contribution is 7.53. The van der Waals surface area contributed by atoms with Crippen LogP contribution in [0.1, 0.15) is 35.2 Å². The van der Waals surface area contributed by atoms with Crippen LogP contribution in [0.25, 0.3) is 0 Å². The third-order valence-corrected chi connectivity index (χ3v) is 4.14. The number of phenols is 3. The van der Waals surface area contributed by atoms with E-state index in [2.05, 4.69) is 0 Å². The first-order chi connectivity index (χ1) is 11.6. The quantitative estimate of drug-likeness (QED) is 0.337. The number of anilines is 1. The monoisotopic (exact) mass is 367 g/mol. The number of rotatable bonds is 6. The topological polar surface area (TPSA) is 147 Å². The molecule has 2 aromatic rings. The van der Waals surface area contributed by atoms with Crippen LogP contribution in [0.3, 0.4) is 0 Å². The molecule has 0 amide bonds. The molecule has 0 spiro atoms. The zero-order chi connectivity index (χ0) is 18.8. The number of hydrogen-bond donors (Lipinski definition) is 6. The number of carbonyl (C=O) groups excluding carboxylic acids is 1. The third kappa shape index (κ3) is 4.51. The maximum atomic E-state index is 12.9. The van der Waals surface area contributed by atoms with Crippen molar-refractivity contribution in [2.75, 3.05) is 5.09 Å². The van der Waals surface area contributed by atoms with Gasteiger partial charge in [-0.3, -0.25) is 9.88 Å². The van der Waals surface area contributed by atoms with E-state index < -0.39 is 30.9 Å². The van der Waals surface area contributed by atoms with E-state index in [0.717, 1.165) is 12.1 Å². The molecule has 0 saturated carbocycles. The van der Waals surface area contributed by atoms with Crippen molar-refractivity contribution in [2.24, 2.45) is 0 Å². The molecule has 0 saturated heterocycles. The Kier molecular flexibility index (Phi) is 5.37. The Hall–Kier alpha value is -2.54. The van der Waals surface area contributed by atoms with Gasteiger partial charge in [-0.15, -0.1) is 0 Å². The van der Waals surface area contributed by atoms with Gasteiger partial charge in [0, 0.05) is 18.1 Å². The number of phenolic OH excluding ortho intramolecular Hbond substituents is 3. The third-order valence-electron chi connectivity index (χ3n) is 3.61. The molecule has 25 heavy (non-hydrogen) atoms. The average molecular weight is 367 g/mol. The maximum Gasteiger partial charge on any atom is 0.427 e. The maximum absolute atomic E-state index is 12.9. The van der Waals surface area contributed by atoms with Crippen LogP contribution in [0, 0.1) is 0 Å². The van der Waals surface area contributed by atoms with Crippen molar-refractivity contribution in [3.05, 3.63) is 47.5 Å². The first kappa shape index (κ1) is 18.8. The second kappa shape index (κ2) is 7.14. The van der Waals surface area contributed by atoms with Gasteiger partial charge in [0.2, 0.25) is 0 Å². The van der Waals surface area contributed by atoms with E-state index in [4.69, 9.17) is 9.79 Å². The van der Waals surface area contributed by atoms with Gasteiger partial charge in [0.15, 0.2) is 5.78 Å². The second-order valence-electron chi connectivity index (χ2n) is 5.46. The molecule has 0 radical (unpaired) electrons. The van der Waals surface area contributed by atoms with Crippen molar-refractivity contribution in [1.29, 1.82) is 0 Å². The van der Waals surface area contributed by atoms with Crippen LogP contribution in [0.5, 0.6) is 17.2 Å². The van der Waals surface area contributed by atoms with Crippen molar-refractivity contribution < 1.29 is 34.5 Å². The molecule has 0 fully saturated rings. The summed E-state index contributed by atoms with van der Waals surface area (Å²) in [5.41, 5.74) is -0.243. The standard InChI is InChI=1S/C16H18NO7P/c1-2-12(9-4-3-5-10(18)6-9)16(21)15-13(17-25(22,23)24)7-11(19)8-14(15)20/h3-8,12,18-20H,2H2,1H3,(H3,17,22,23,24). The minimum absolute atomic E-state index is 0.0350. The summed E-state index contributed by atoms with van der Waals surface area (Å²) in [5.74, 6) is -2.48. The molecule has 0 aliphatic carbocycles. The van der Waals surface area contributed by atoms with Gasteiger partial charge in [-0.1, -0.05) is 19.1 Å². The molecular formula is C16H18NO7P. The zero-order valence-corrected chi connectivity index (χ0v) is 14.1. The van der Waals surface area contributed by atoms with Gasteiger partial charge in [0.1, 0.15) is 17.2 Å². The van der Waals surface area contributed by atoms with Gasteiger partial charge >= 0.3 is 7.75 Å². The summed E-state index contributed by atoms with van der Waals surface area (Å²) in [6.45, 7) is 1.72. The van der Waals surface area contributed by atoms with Gasteiger partial charge in [0.25, 0.3) is 0 Å². The number of aromatic hydroxyl groups is 3. The summed E-state index contributed by atoms with van der Waals surface area (Å²) in [7, 11) is -4.78. The lowest BCUT2D eigenvalue weighted by atomic mass is 9.87. The van der Waals surface area contributed by atoms with Crippen molar-refractivity contribution in [2.45, 2.75) is 19.3 Å². The van der Waals surface area contributed by atoms with Crippen LogP contribution in [0.2, 0.25) is 0 Å².